The van der Waals surface area contributed by atoms with Crippen molar-refractivity contribution in [1.82, 2.24) is 9.88 Å². The van der Waals surface area contributed by atoms with E-state index in [1.807, 2.05) is 24.3 Å². The standard InChI is InChI=1S/C33H39N3O4/c1-22-5-3-6-28(30-7-4-8-31(34-30)36-14-10-26(19-36)33(37)38)32(22)40-21-24-17-23(2)29-20-35(13-9-25(29)18-24)27-11-15-39-16-12-27/h3-8,17-18,26-27H,9-16,19-21H2,1-2H3,(H,37,38). The molecule has 0 amide bonds. The maximum absolute atomic E-state index is 11.4. The summed E-state index contributed by atoms with van der Waals surface area (Å²) in [4.78, 5) is 21.1. The summed E-state index contributed by atoms with van der Waals surface area (Å²) in [5.41, 5.74) is 8.33. The van der Waals surface area contributed by atoms with Crippen molar-refractivity contribution in [2.24, 2.45) is 5.92 Å². The van der Waals surface area contributed by atoms with E-state index in [4.69, 9.17) is 14.5 Å². The minimum Gasteiger partial charge on any atom is -0.488 e. The van der Waals surface area contributed by atoms with Gasteiger partial charge in [0, 0.05) is 51.0 Å². The predicted octanol–water partition coefficient (Wildman–Crippen LogP) is 5.39. The molecule has 0 saturated carbocycles. The second kappa shape index (κ2) is 11.6. The van der Waals surface area contributed by atoms with E-state index in [-0.39, 0.29) is 5.92 Å². The molecule has 3 aliphatic rings. The zero-order valence-electron chi connectivity index (χ0n) is 23.6. The van der Waals surface area contributed by atoms with Crippen molar-refractivity contribution in [3.05, 3.63) is 76.3 Å². The molecule has 2 fully saturated rings. The molecular formula is C33H39N3O4. The van der Waals surface area contributed by atoms with Crippen LogP contribution in [0.15, 0.2) is 48.5 Å². The number of hydrogen-bond acceptors (Lipinski definition) is 6. The molecule has 2 aromatic carbocycles. The van der Waals surface area contributed by atoms with Gasteiger partial charge >= 0.3 is 5.97 Å². The fraction of sp³-hybridized carbons (Fsp3) is 0.455. The van der Waals surface area contributed by atoms with Crippen LogP contribution >= 0.6 is 0 Å². The van der Waals surface area contributed by atoms with Gasteiger partial charge in [0.1, 0.15) is 18.2 Å². The minimum absolute atomic E-state index is 0.340. The number of aromatic nitrogens is 1. The van der Waals surface area contributed by atoms with Gasteiger partial charge in [0.15, 0.2) is 0 Å². The fourth-order valence-electron chi connectivity index (χ4n) is 6.53. The average Bonchev–Trinajstić information content (AvgIpc) is 3.48. The smallest absolute Gasteiger partial charge is 0.308 e. The van der Waals surface area contributed by atoms with Gasteiger partial charge in [0.05, 0.1) is 11.6 Å². The number of carboxylic acid groups (broad SMARTS) is 1. The van der Waals surface area contributed by atoms with Crippen LogP contribution in [0, 0.1) is 19.8 Å². The highest BCUT2D eigenvalue weighted by Crippen LogP contribution is 2.35. The molecule has 7 nitrogen and oxygen atoms in total. The minimum atomic E-state index is -0.734. The van der Waals surface area contributed by atoms with E-state index >= 15 is 0 Å². The largest absolute Gasteiger partial charge is 0.488 e. The molecule has 0 bridgehead atoms. The predicted molar refractivity (Wildman–Crippen MR) is 156 cm³/mol. The number of benzene rings is 2. The van der Waals surface area contributed by atoms with Crippen molar-refractivity contribution in [2.45, 2.75) is 58.7 Å². The highest BCUT2D eigenvalue weighted by Gasteiger charge is 2.29. The average molecular weight is 542 g/mol. The Morgan fingerprint density at radius 1 is 1.05 bits per heavy atom. The van der Waals surface area contributed by atoms with Gasteiger partial charge in [-0.25, -0.2) is 4.98 Å². The first-order valence-electron chi connectivity index (χ1n) is 14.6. The third-order valence-corrected chi connectivity index (χ3v) is 8.83. The molecule has 1 unspecified atom stereocenters. The number of rotatable bonds is 7. The van der Waals surface area contributed by atoms with E-state index in [1.165, 1.54) is 22.3 Å². The number of para-hydroxylation sites is 1. The molecule has 40 heavy (non-hydrogen) atoms. The third kappa shape index (κ3) is 5.58. The van der Waals surface area contributed by atoms with Crippen LogP contribution in [-0.2, 0) is 29.1 Å². The third-order valence-electron chi connectivity index (χ3n) is 8.83. The van der Waals surface area contributed by atoms with E-state index < -0.39 is 5.97 Å². The quantitative estimate of drug-likeness (QED) is 0.430. The molecule has 0 spiro atoms. The van der Waals surface area contributed by atoms with Crippen molar-refractivity contribution in [3.8, 4) is 17.0 Å². The van der Waals surface area contributed by atoms with E-state index in [0.717, 1.165) is 74.0 Å². The van der Waals surface area contributed by atoms with Gasteiger partial charge < -0.3 is 19.5 Å². The lowest BCUT2D eigenvalue weighted by molar-refractivity contribution is -0.140. The number of carbonyl (C=O) groups is 1. The Balaban J connectivity index is 1.19. The Morgan fingerprint density at radius 2 is 1.88 bits per heavy atom. The van der Waals surface area contributed by atoms with Crippen LogP contribution in [0.1, 0.15) is 47.1 Å². The van der Waals surface area contributed by atoms with Gasteiger partial charge in [-0.05, 0) is 85.5 Å². The maximum Gasteiger partial charge on any atom is 0.308 e. The highest BCUT2D eigenvalue weighted by molar-refractivity contribution is 5.73. The number of aliphatic carboxylic acids is 1. The Labute approximate surface area is 236 Å². The van der Waals surface area contributed by atoms with E-state index in [2.05, 4.69) is 47.9 Å². The zero-order chi connectivity index (χ0) is 27.6. The van der Waals surface area contributed by atoms with E-state index in [0.29, 0.717) is 32.2 Å². The van der Waals surface area contributed by atoms with Gasteiger partial charge in [0.25, 0.3) is 0 Å². The van der Waals surface area contributed by atoms with Crippen LogP contribution in [-0.4, -0.2) is 59.8 Å². The molecule has 2 saturated heterocycles. The molecule has 0 radical (unpaired) electrons. The lowest BCUT2D eigenvalue weighted by atomic mass is 9.91. The number of anilines is 1. The molecule has 3 aromatic rings. The normalized spacial score (nSPS) is 19.9. The van der Waals surface area contributed by atoms with E-state index in [1.54, 1.807) is 0 Å². The van der Waals surface area contributed by atoms with Crippen LogP contribution in [0.2, 0.25) is 0 Å². The number of carboxylic acids is 1. The first-order valence-corrected chi connectivity index (χ1v) is 14.6. The number of nitrogens with zero attached hydrogens (tertiary/aromatic N) is 3. The molecule has 7 heteroatoms. The lowest BCUT2D eigenvalue weighted by Crippen LogP contribution is -2.42. The molecule has 6 rings (SSSR count). The van der Waals surface area contributed by atoms with Gasteiger partial charge in [0.2, 0.25) is 0 Å². The monoisotopic (exact) mass is 541 g/mol. The van der Waals surface area contributed by atoms with Gasteiger partial charge in [-0.15, -0.1) is 0 Å². The highest BCUT2D eigenvalue weighted by atomic mass is 16.5. The summed E-state index contributed by atoms with van der Waals surface area (Å²) >= 11 is 0. The van der Waals surface area contributed by atoms with Gasteiger partial charge in [-0.3, -0.25) is 9.69 Å². The summed E-state index contributed by atoms with van der Waals surface area (Å²) < 4.78 is 12.1. The Morgan fingerprint density at radius 3 is 2.67 bits per heavy atom. The second-order valence-electron chi connectivity index (χ2n) is 11.5. The summed E-state index contributed by atoms with van der Waals surface area (Å²) in [6.07, 6.45) is 4.00. The van der Waals surface area contributed by atoms with Crippen LogP contribution in [0.3, 0.4) is 0 Å². The Bertz CT molecular complexity index is 1380. The Kier molecular flexibility index (Phi) is 7.76. The Hall–Kier alpha value is -3.42. The topological polar surface area (TPSA) is 75.1 Å². The summed E-state index contributed by atoms with van der Waals surface area (Å²) in [7, 11) is 0. The van der Waals surface area contributed by atoms with Crippen molar-refractivity contribution in [2.75, 3.05) is 37.7 Å². The van der Waals surface area contributed by atoms with Crippen molar-refractivity contribution >= 4 is 11.8 Å². The number of fused-ring (bicyclic) bond motifs is 1. The fourth-order valence-corrected chi connectivity index (χ4v) is 6.53. The van der Waals surface area contributed by atoms with Crippen molar-refractivity contribution in [1.29, 1.82) is 0 Å². The second-order valence-corrected chi connectivity index (χ2v) is 11.5. The van der Waals surface area contributed by atoms with Crippen LogP contribution in [0.4, 0.5) is 5.82 Å². The SMILES string of the molecule is Cc1cc(COc2c(C)cccc2-c2cccc(N3CCC(C(=O)O)C3)n2)cc2c1CN(C1CCOCC1)CC2. The lowest BCUT2D eigenvalue weighted by Gasteiger charge is -2.38. The summed E-state index contributed by atoms with van der Waals surface area (Å²) in [5, 5.41) is 9.41. The number of hydrogen-bond donors (Lipinski definition) is 1. The summed E-state index contributed by atoms with van der Waals surface area (Å²) in [6, 6.07) is 17.4. The van der Waals surface area contributed by atoms with Crippen LogP contribution in [0.5, 0.6) is 5.75 Å². The van der Waals surface area contributed by atoms with Gasteiger partial charge in [-0.2, -0.15) is 0 Å². The molecule has 1 aromatic heterocycles. The molecule has 1 atom stereocenters. The zero-order valence-corrected chi connectivity index (χ0v) is 23.6. The molecule has 3 aliphatic heterocycles. The van der Waals surface area contributed by atoms with Crippen molar-refractivity contribution in [3.63, 3.8) is 0 Å². The number of pyridine rings is 1. The maximum atomic E-state index is 11.4. The molecule has 1 N–H and O–H groups in total. The summed E-state index contributed by atoms with van der Waals surface area (Å²) in [6.45, 7) is 9.91. The van der Waals surface area contributed by atoms with Crippen LogP contribution in [0.25, 0.3) is 11.3 Å². The molecule has 210 valence electrons. The van der Waals surface area contributed by atoms with Crippen molar-refractivity contribution < 1.29 is 19.4 Å². The first kappa shape index (κ1) is 26.8. The number of aryl methyl sites for hydroxylation is 2. The van der Waals surface area contributed by atoms with E-state index in [9.17, 15) is 9.90 Å². The first-order chi connectivity index (χ1) is 19.5. The van der Waals surface area contributed by atoms with Crippen LogP contribution < -0.4 is 9.64 Å². The molecular weight excluding hydrogens is 502 g/mol. The number of ether oxygens (including phenoxy) is 2. The van der Waals surface area contributed by atoms with Gasteiger partial charge in [-0.1, -0.05) is 30.3 Å². The molecule has 0 aliphatic carbocycles. The molecule has 4 heterocycles. The summed E-state index contributed by atoms with van der Waals surface area (Å²) in [5.74, 6) is 0.585.